The second kappa shape index (κ2) is 1.40. The molecule has 4 heteroatoms. The fourth-order valence-corrected chi connectivity index (χ4v) is 0.392. The summed E-state index contributed by atoms with van der Waals surface area (Å²) in [6, 6.07) is 0. The van der Waals surface area contributed by atoms with Gasteiger partial charge in [0.25, 0.3) is 0 Å². The molecule has 1 heterocycles. The van der Waals surface area contributed by atoms with Crippen LogP contribution in [0.1, 0.15) is 5.69 Å². The molecule has 0 fully saturated rings. The van der Waals surface area contributed by atoms with E-state index in [2.05, 4.69) is 5.10 Å². The van der Waals surface area contributed by atoms with Crippen molar-refractivity contribution >= 4 is 0 Å². The molecule has 0 atom stereocenters. The number of aromatic nitrogens is 2. The van der Waals surface area contributed by atoms with E-state index in [0.29, 0.717) is 10.5 Å². The maximum absolute atomic E-state index is 8.70. The van der Waals surface area contributed by atoms with E-state index in [1.807, 2.05) is 0 Å². The number of rotatable bonds is 0. The van der Waals surface area contributed by atoms with Crippen molar-refractivity contribution in [3.63, 3.8) is 0 Å². The zero-order valence-electron chi connectivity index (χ0n) is 4.37. The SMILES string of the molecule is Cc1c(O)cnn1O. The van der Waals surface area contributed by atoms with Crippen molar-refractivity contribution in [2.75, 3.05) is 0 Å². The van der Waals surface area contributed by atoms with E-state index in [-0.39, 0.29) is 5.75 Å². The molecule has 0 bridgehead atoms. The van der Waals surface area contributed by atoms with Crippen LogP contribution in [0.3, 0.4) is 0 Å². The van der Waals surface area contributed by atoms with Crippen LogP contribution in [-0.2, 0) is 0 Å². The van der Waals surface area contributed by atoms with Crippen LogP contribution in [0.4, 0.5) is 0 Å². The van der Waals surface area contributed by atoms with Crippen molar-refractivity contribution in [3.05, 3.63) is 11.9 Å². The molecule has 0 saturated carbocycles. The summed E-state index contributed by atoms with van der Waals surface area (Å²) in [5.74, 6) is 0.00694. The lowest BCUT2D eigenvalue weighted by Crippen LogP contribution is -1.93. The summed E-state index contributed by atoms with van der Waals surface area (Å²) in [6.07, 6.45) is 1.18. The van der Waals surface area contributed by atoms with E-state index in [1.54, 1.807) is 6.92 Å². The minimum atomic E-state index is 0.00694. The van der Waals surface area contributed by atoms with Crippen molar-refractivity contribution < 1.29 is 10.3 Å². The van der Waals surface area contributed by atoms with Crippen molar-refractivity contribution in [2.24, 2.45) is 0 Å². The first kappa shape index (κ1) is 4.96. The van der Waals surface area contributed by atoms with E-state index in [4.69, 9.17) is 10.3 Å². The average Bonchev–Trinajstić information content (AvgIpc) is 1.98. The molecule has 2 N–H and O–H groups in total. The van der Waals surface area contributed by atoms with Gasteiger partial charge in [0.1, 0.15) is 5.69 Å². The van der Waals surface area contributed by atoms with Gasteiger partial charge in [-0.1, -0.05) is 0 Å². The highest BCUT2D eigenvalue weighted by molar-refractivity contribution is 5.19. The van der Waals surface area contributed by atoms with Gasteiger partial charge < -0.3 is 10.3 Å². The van der Waals surface area contributed by atoms with Gasteiger partial charge in [0.05, 0.1) is 6.20 Å². The number of hydrogen-bond donors (Lipinski definition) is 2. The van der Waals surface area contributed by atoms with Gasteiger partial charge in [-0.05, 0) is 6.92 Å². The van der Waals surface area contributed by atoms with Crippen LogP contribution >= 0.6 is 0 Å². The highest BCUT2D eigenvalue weighted by atomic mass is 16.5. The quantitative estimate of drug-likeness (QED) is 0.471. The van der Waals surface area contributed by atoms with E-state index >= 15 is 0 Å². The largest absolute Gasteiger partial charge is 0.504 e. The Kier molecular flexibility index (Phi) is 0.865. The molecule has 0 radical (unpaired) electrons. The van der Waals surface area contributed by atoms with E-state index in [0.717, 1.165) is 0 Å². The Bertz CT molecular complexity index is 174. The Morgan fingerprint density at radius 3 is 2.50 bits per heavy atom. The van der Waals surface area contributed by atoms with E-state index < -0.39 is 0 Å². The second-order valence-corrected chi connectivity index (χ2v) is 1.50. The molecular formula is C4H6N2O2. The monoisotopic (exact) mass is 114 g/mol. The lowest BCUT2D eigenvalue weighted by Gasteiger charge is -1.88. The second-order valence-electron chi connectivity index (χ2n) is 1.50. The average molecular weight is 114 g/mol. The third-order valence-electron chi connectivity index (χ3n) is 0.960. The third-order valence-corrected chi connectivity index (χ3v) is 0.960. The predicted octanol–water partition coefficient (Wildman–Crippen LogP) is 0.134. The number of hydrogen-bond acceptors (Lipinski definition) is 3. The topological polar surface area (TPSA) is 58.3 Å². The standard InChI is InChI=1S/C4H6N2O2/c1-3-4(7)2-5-6(3)8/h2,7-8H,1H3. The molecule has 0 aliphatic heterocycles. The third kappa shape index (κ3) is 0.501. The molecule has 1 aromatic rings. The molecule has 44 valence electrons. The Labute approximate surface area is 45.9 Å². The van der Waals surface area contributed by atoms with Gasteiger partial charge in [-0.3, -0.25) is 0 Å². The fourth-order valence-electron chi connectivity index (χ4n) is 0.392. The van der Waals surface area contributed by atoms with Gasteiger partial charge in [-0.15, -0.1) is 9.94 Å². The summed E-state index contributed by atoms with van der Waals surface area (Å²) in [4.78, 5) is 0.620. The van der Waals surface area contributed by atoms with Crippen LogP contribution in [0.2, 0.25) is 0 Å². The highest BCUT2D eigenvalue weighted by Gasteiger charge is 1.99. The van der Waals surface area contributed by atoms with Gasteiger partial charge in [-0.2, -0.15) is 0 Å². The molecule has 1 rings (SSSR count). The Morgan fingerprint density at radius 2 is 2.38 bits per heavy atom. The molecule has 0 spiro atoms. The van der Waals surface area contributed by atoms with Gasteiger partial charge >= 0.3 is 0 Å². The fraction of sp³-hybridized carbons (Fsp3) is 0.250. The summed E-state index contributed by atoms with van der Waals surface area (Å²) in [7, 11) is 0. The molecule has 1 aromatic heterocycles. The zero-order valence-corrected chi connectivity index (χ0v) is 4.37. The molecule has 8 heavy (non-hydrogen) atoms. The summed E-state index contributed by atoms with van der Waals surface area (Å²) in [6.45, 7) is 1.56. The van der Waals surface area contributed by atoms with Crippen molar-refractivity contribution in [1.82, 2.24) is 9.94 Å². The molecule has 0 aliphatic carbocycles. The number of aromatic hydroxyl groups is 1. The first-order valence-corrected chi connectivity index (χ1v) is 2.14. The first-order valence-electron chi connectivity index (χ1n) is 2.14. The first-order chi connectivity index (χ1) is 3.72. The molecule has 4 nitrogen and oxygen atoms in total. The maximum Gasteiger partial charge on any atom is 0.160 e. The minimum absolute atomic E-state index is 0.00694. The van der Waals surface area contributed by atoms with Crippen LogP contribution in [-0.4, -0.2) is 20.3 Å². The highest BCUT2D eigenvalue weighted by Crippen LogP contribution is 2.10. The van der Waals surface area contributed by atoms with Crippen molar-refractivity contribution in [2.45, 2.75) is 6.92 Å². The smallest absolute Gasteiger partial charge is 0.160 e. The van der Waals surface area contributed by atoms with Crippen LogP contribution < -0.4 is 0 Å². The molecule has 0 saturated heterocycles. The summed E-state index contributed by atoms with van der Waals surface area (Å²) in [5.41, 5.74) is 0.352. The molecule has 0 unspecified atom stereocenters. The molecular weight excluding hydrogens is 108 g/mol. The predicted molar refractivity (Wildman–Crippen MR) is 25.8 cm³/mol. The number of nitrogens with zero attached hydrogens (tertiary/aromatic N) is 2. The lowest BCUT2D eigenvalue weighted by molar-refractivity contribution is 0.141. The lowest BCUT2D eigenvalue weighted by atomic mass is 10.5. The zero-order chi connectivity index (χ0) is 6.15. The minimum Gasteiger partial charge on any atom is -0.504 e. The van der Waals surface area contributed by atoms with Crippen LogP contribution in [0.25, 0.3) is 0 Å². The molecule has 0 aromatic carbocycles. The van der Waals surface area contributed by atoms with Crippen LogP contribution in [0.5, 0.6) is 5.75 Å². The molecule has 0 amide bonds. The van der Waals surface area contributed by atoms with Crippen molar-refractivity contribution in [3.8, 4) is 5.75 Å². The normalized spacial score (nSPS) is 9.62. The van der Waals surface area contributed by atoms with Gasteiger partial charge in [0.15, 0.2) is 5.75 Å². The Morgan fingerprint density at radius 1 is 1.75 bits per heavy atom. The van der Waals surface area contributed by atoms with Crippen LogP contribution in [0, 0.1) is 6.92 Å². The molecule has 0 aliphatic rings. The Hall–Kier alpha value is -1.19. The van der Waals surface area contributed by atoms with E-state index in [1.165, 1.54) is 6.20 Å². The van der Waals surface area contributed by atoms with Gasteiger partial charge in [0, 0.05) is 0 Å². The summed E-state index contributed by atoms with van der Waals surface area (Å²) >= 11 is 0. The Balaban J connectivity index is 3.19. The van der Waals surface area contributed by atoms with Crippen LogP contribution in [0.15, 0.2) is 6.20 Å². The summed E-state index contributed by atoms with van der Waals surface area (Å²) < 4.78 is 0. The van der Waals surface area contributed by atoms with Gasteiger partial charge in [-0.25, -0.2) is 0 Å². The summed E-state index contributed by atoms with van der Waals surface area (Å²) in [5, 5.41) is 20.6. The van der Waals surface area contributed by atoms with Gasteiger partial charge in [0.2, 0.25) is 0 Å². The van der Waals surface area contributed by atoms with Crippen molar-refractivity contribution in [1.29, 1.82) is 0 Å². The van der Waals surface area contributed by atoms with E-state index in [9.17, 15) is 0 Å². The maximum atomic E-state index is 8.70.